The Morgan fingerprint density at radius 1 is 1.16 bits per heavy atom. The number of hydrogen-bond donors (Lipinski definition) is 3. The Morgan fingerprint density at radius 2 is 1.94 bits per heavy atom. The van der Waals surface area contributed by atoms with Gasteiger partial charge in [-0.15, -0.1) is 13.2 Å². The molecule has 1 aromatic carbocycles. The first-order valence-corrected chi connectivity index (χ1v) is 9.15. The number of aromatic nitrogens is 4. The highest BCUT2D eigenvalue weighted by molar-refractivity contribution is 5.94. The van der Waals surface area contributed by atoms with Crippen molar-refractivity contribution < 1.29 is 22.7 Å². The number of carbonyl (C=O) groups is 1. The van der Waals surface area contributed by atoms with Crippen LogP contribution in [0, 0.1) is 0 Å². The van der Waals surface area contributed by atoms with Crippen molar-refractivity contribution in [2.75, 3.05) is 5.73 Å². The summed E-state index contributed by atoms with van der Waals surface area (Å²) in [5.41, 5.74) is 6.54. The maximum atomic E-state index is 12.9. The largest absolute Gasteiger partial charge is 0.573 e. The number of amides is 1. The second-order valence-corrected chi connectivity index (χ2v) is 6.70. The number of rotatable bonds is 5. The van der Waals surface area contributed by atoms with Crippen molar-refractivity contribution in [2.24, 2.45) is 0 Å². The van der Waals surface area contributed by atoms with Crippen molar-refractivity contribution in [3.8, 4) is 16.9 Å². The van der Waals surface area contributed by atoms with Crippen LogP contribution in [0.5, 0.6) is 5.75 Å². The topological polar surface area (TPSA) is 127 Å². The summed E-state index contributed by atoms with van der Waals surface area (Å²) in [6.45, 7) is -0.247. The minimum atomic E-state index is -4.93. The van der Waals surface area contributed by atoms with E-state index < -0.39 is 23.7 Å². The molecular weight excluding hydrogens is 429 g/mol. The molecule has 12 heteroatoms. The number of hydrogen-bond acceptors (Lipinski definition) is 6. The van der Waals surface area contributed by atoms with Gasteiger partial charge in [0.05, 0.1) is 5.56 Å². The smallest absolute Gasteiger partial charge is 0.405 e. The summed E-state index contributed by atoms with van der Waals surface area (Å²) in [5.74, 6) is -0.783. The van der Waals surface area contributed by atoms with E-state index in [0.29, 0.717) is 16.8 Å². The Kier molecular flexibility index (Phi) is 5.26. The van der Waals surface area contributed by atoms with Gasteiger partial charge in [0.2, 0.25) is 0 Å². The van der Waals surface area contributed by atoms with Gasteiger partial charge in [0, 0.05) is 30.1 Å². The summed E-state index contributed by atoms with van der Waals surface area (Å²) < 4.78 is 44.2. The molecule has 0 unspecified atom stereocenters. The highest BCUT2D eigenvalue weighted by Crippen LogP contribution is 2.31. The molecule has 0 fully saturated rings. The second-order valence-electron chi connectivity index (χ2n) is 6.70. The van der Waals surface area contributed by atoms with Gasteiger partial charge in [-0.1, -0.05) is 12.1 Å². The lowest BCUT2D eigenvalue weighted by Gasteiger charge is -2.15. The van der Waals surface area contributed by atoms with Crippen LogP contribution in [0.4, 0.5) is 19.0 Å². The summed E-state index contributed by atoms with van der Waals surface area (Å²) in [6.07, 6.45) is -2.22. The van der Waals surface area contributed by atoms with E-state index in [0.717, 1.165) is 4.40 Å². The van der Waals surface area contributed by atoms with Crippen LogP contribution in [0.15, 0.2) is 59.7 Å². The molecule has 1 amide bonds. The number of carbonyl (C=O) groups excluding carboxylic acids is 1. The van der Waals surface area contributed by atoms with Gasteiger partial charge in [-0.05, 0) is 35.9 Å². The monoisotopic (exact) mass is 444 g/mol. The van der Waals surface area contributed by atoms with Gasteiger partial charge in [0.1, 0.15) is 11.6 Å². The minimum Gasteiger partial charge on any atom is -0.405 e. The molecule has 0 saturated carbocycles. The lowest BCUT2D eigenvalue weighted by molar-refractivity contribution is -0.274. The van der Waals surface area contributed by atoms with Crippen molar-refractivity contribution in [3.05, 3.63) is 76.5 Å². The SMILES string of the molecule is Nc1ccc(-c2ccc(CNC(=O)c3ccc4n[nH]c(=O)n4c3)c(OC(F)(F)F)c2)cn1. The number of nitrogen functional groups attached to an aromatic ring is 1. The van der Waals surface area contributed by atoms with Crippen LogP contribution in [0.1, 0.15) is 15.9 Å². The lowest BCUT2D eigenvalue weighted by Crippen LogP contribution is -2.25. The average molecular weight is 444 g/mol. The fourth-order valence-corrected chi connectivity index (χ4v) is 2.99. The molecule has 0 bridgehead atoms. The van der Waals surface area contributed by atoms with Crippen molar-refractivity contribution in [1.82, 2.24) is 24.9 Å². The lowest BCUT2D eigenvalue weighted by atomic mass is 10.0. The Balaban J connectivity index is 1.58. The molecule has 4 N–H and O–H groups in total. The Morgan fingerprint density at radius 3 is 2.66 bits per heavy atom. The quantitative estimate of drug-likeness (QED) is 0.434. The Hall–Kier alpha value is -4.35. The zero-order valence-electron chi connectivity index (χ0n) is 16.2. The summed E-state index contributed by atoms with van der Waals surface area (Å²) in [5, 5.41) is 8.52. The maximum Gasteiger partial charge on any atom is 0.573 e. The number of benzene rings is 1. The van der Waals surface area contributed by atoms with E-state index in [-0.39, 0.29) is 23.5 Å². The minimum absolute atomic E-state index is 0.101. The van der Waals surface area contributed by atoms with Gasteiger partial charge in [-0.25, -0.2) is 19.3 Å². The molecule has 9 nitrogen and oxygen atoms in total. The third-order valence-corrected chi connectivity index (χ3v) is 4.53. The number of nitrogens with one attached hydrogen (secondary N) is 2. The molecule has 0 aliphatic heterocycles. The first kappa shape index (κ1) is 20.9. The molecule has 0 atom stereocenters. The predicted molar refractivity (Wildman–Crippen MR) is 108 cm³/mol. The standard InChI is InChI=1S/C20H15F3N6O3/c21-20(22,23)32-15-7-11(12-3-5-16(24)25-8-12)1-2-13(15)9-26-18(30)14-4-6-17-27-28-19(31)29(17)10-14/h1-8,10H,9H2,(H2,24,25)(H,26,30)(H,28,31). The van der Waals surface area contributed by atoms with Gasteiger partial charge < -0.3 is 15.8 Å². The molecule has 4 rings (SSSR count). The van der Waals surface area contributed by atoms with Crippen molar-refractivity contribution in [3.63, 3.8) is 0 Å². The summed E-state index contributed by atoms with van der Waals surface area (Å²) in [7, 11) is 0. The fourth-order valence-electron chi connectivity index (χ4n) is 2.99. The van der Waals surface area contributed by atoms with E-state index in [4.69, 9.17) is 5.73 Å². The van der Waals surface area contributed by atoms with E-state index in [9.17, 15) is 22.8 Å². The molecule has 4 aromatic rings. The number of pyridine rings is 2. The third-order valence-electron chi connectivity index (χ3n) is 4.53. The summed E-state index contributed by atoms with van der Waals surface area (Å²) >= 11 is 0. The first-order valence-electron chi connectivity index (χ1n) is 9.15. The molecule has 164 valence electrons. The highest BCUT2D eigenvalue weighted by Gasteiger charge is 2.32. The zero-order chi connectivity index (χ0) is 22.9. The molecular formula is C20H15F3N6O3. The van der Waals surface area contributed by atoms with Crippen LogP contribution in [0.2, 0.25) is 0 Å². The summed E-state index contributed by atoms with van der Waals surface area (Å²) in [4.78, 5) is 28.1. The number of fused-ring (bicyclic) bond motifs is 1. The maximum absolute atomic E-state index is 12.9. The Bertz CT molecular complexity index is 1350. The van der Waals surface area contributed by atoms with Crippen molar-refractivity contribution in [1.29, 1.82) is 0 Å². The van der Waals surface area contributed by atoms with E-state index >= 15 is 0 Å². The normalized spacial score (nSPS) is 11.5. The van der Waals surface area contributed by atoms with Gasteiger partial charge >= 0.3 is 12.1 Å². The molecule has 3 aromatic heterocycles. The predicted octanol–water partition coefficient (Wildman–Crippen LogP) is 2.50. The molecule has 0 saturated heterocycles. The molecule has 0 aliphatic rings. The van der Waals surface area contributed by atoms with Gasteiger partial charge in [-0.2, -0.15) is 5.10 Å². The Labute approximate surface area is 177 Å². The molecule has 3 heterocycles. The van der Waals surface area contributed by atoms with Gasteiger partial charge in [-0.3, -0.25) is 4.79 Å². The van der Waals surface area contributed by atoms with E-state index in [1.165, 1.54) is 42.7 Å². The molecule has 32 heavy (non-hydrogen) atoms. The van der Waals surface area contributed by atoms with Gasteiger partial charge in [0.15, 0.2) is 5.65 Å². The average Bonchev–Trinajstić information content (AvgIpc) is 3.12. The highest BCUT2D eigenvalue weighted by atomic mass is 19.4. The van der Waals surface area contributed by atoms with Crippen LogP contribution in [-0.4, -0.2) is 31.9 Å². The third kappa shape index (κ3) is 4.53. The fraction of sp³-hybridized carbons (Fsp3) is 0.100. The number of nitrogens with zero attached hydrogens (tertiary/aromatic N) is 3. The van der Waals surface area contributed by atoms with Gasteiger partial charge in [0.25, 0.3) is 5.91 Å². The van der Waals surface area contributed by atoms with E-state index in [2.05, 4.69) is 25.2 Å². The number of ether oxygens (including phenoxy) is 1. The number of alkyl halides is 3. The number of halogens is 3. The first-order chi connectivity index (χ1) is 15.2. The van der Waals surface area contributed by atoms with Crippen LogP contribution in [-0.2, 0) is 6.54 Å². The van der Waals surface area contributed by atoms with Crippen LogP contribution < -0.4 is 21.5 Å². The van der Waals surface area contributed by atoms with E-state index in [1.807, 2.05) is 0 Å². The van der Waals surface area contributed by atoms with Crippen molar-refractivity contribution >= 4 is 17.4 Å². The number of nitrogens with two attached hydrogens (primary N) is 1. The summed E-state index contributed by atoms with van der Waals surface area (Å²) in [6, 6.07) is 10.2. The van der Waals surface area contributed by atoms with E-state index in [1.54, 1.807) is 12.1 Å². The molecule has 0 radical (unpaired) electrons. The number of aromatic amines is 1. The molecule has 0 aliphatic carbocycles. The second kappa shape index (κ2) is 8.06. The zero-order valence-corrected chi connectivity index (χ0v) is 16.2. The van der Waals surface area contributed by atoms with Crippen LogP contribution >= 0.6 is 0 Å². The van der Waals surface area contributed by atoms with Crippen molar-refractivity contribution in [2.45, 2.75) is 12.9 Å². The van der Waals surface area contributed by atoms with Crippen LogP contribution in [0.3, 0.4) is 0 Å². The van der Waals surface area contributed by atoms with Crippen LogP contribution in [0.25, 0.3) is 16.8 Å². The number of H-pyrrole nitrogens is 1. The number of anilines is 1. The molecule has 0 spiro atoms.